The molecule has 1 unspecified atom stereocenters. The van der Waals surface area contributed by atoms with E-state index in [-0.39, 0.29) is 16.9 Å². The predicted octanol–water partition coefficient (Wildman–Crippen LogP) is 3.76. The summed E-state index contributed by atoms with van der Waals surface area (Å²) < 4.78 is 32.3. The van der Waals surface area contributed by atoms with Gasteiger partial charge in [0.1, 0.15) is 23.8 Å². The number of benzene rings is 1. The molecular formula is C18H19F2NO4. The van der Waals surface area contributed by atoms with Crippen LogP contribution in [0.3, 0.4) is 0 Å². The van der Waals surface area contributed by atoms with Crippen molar-refractivity contribution in [2.75, 3.05) is 0 Å². The summed E-state index contributed by atoms with van der Waals surface area (Å²) in [5.41, 5.74) is 0.798. The number of carboxylic acids is 1. The lowest BCUT2D eigenvalue weighted by molar-refractivity contribution is -0.136. The molecule has 0 aliphatic carbocycles. The minimum atomic E-state index is -1.13. The fourth-order valence-electron chi connectivity index (χ4n) is 2.68. The molecule has 0 fully saturated rings. The summed E-state index contributed by atoms with van der Waals surface area (Å²) in [6.07, 6.45) is 1.98. The van der Waals surface area contributed by atoms with Gasteiger partial charge >= 0.3 is 5.97 Å². The van der Waals surface area contributed by atoms with Crippen LogP contribution < -0.4 is 5.32 Å². The lowest BCUT2D eigenvalue weighted by atomic mass is 10.0. The highest BCUT2D eigenvalue weighted by Crippen LogP contribution is 2.24. The quantitative estimate of drug-likeness (QED) is 0.796. The molecule has 25 heavy (non-hydrogen) atoms. The van der Waals surface area contributed by atoms with E-state index in [4.69, 9.17) is 9.52 Å². The van der Waals surface area contributed by atoms with Crippen LogP contribution in [0, 0.1) is 18.6 Å². The van der Waals surface area contributed by atoms with Gasteiger partial charge in [0.05, 0.1) is 17.9 Å². The summed E-state index contributed by atoms with van der Waals surface area (Å²) in [5, 5.41) is 11.6. The number of halogens is 2. The Hall–Kier alpha value is -2.70. The first-order valence-electron chi connectivity index (χ1n) is 7.88. The predicted molar refractivity (Wildman–Crippen MR) is 86.3 cm³/mol. The highest BCUT2D eigenvalue weighted by molar-refractivity contribution is 5.97. The maximum Gasteiger partial charge on any atom is 0.311 e. The fourth-order valence-corrected chi connectivity index (χ4v) is 2.68. The summed E-state index contributed by atoms with van der Waals surface area (Å²) in [4.78, 5) is 23.5. The van der Waals surface area contributed by atoms with E-state index in [1.807, 2.05) is 6.92 Å². The molecule has 0 saturated carbocycles. The lowest BCUT2D eigenvalue weighted by Crippen LogP contribution is -2.30. The number of rotatable bonds is 7. The van der Waals surface area contributed by atoms with E-state index in [1.54, 1.807) is 6.92 Å². The van der Waals surface area contributed by atoms with E-state index >= 15 is 0 Å². The van der Waals surface area contributed by atoms with Crippen LogP contribution in [0.5, 0.6) is 0 Å². The zero-order valence-corrected chi connectivity index (χ0v) is 13.9. The number of aryl methyl sites for hydroxylation is 1. The summed E-state index contributed by atoms with van der Waals surface area (Å²) in [6.45, 7) is 3.50. The number of hydrogen-bond donors (Lipinski definition) is 2. The number of amides is 1. The SMILES string of the molecule is CCCC(NC(=O)c1c(C)coc1CC(=O)O)c1ccc(F)cc1F. The van der Waals surface area contributed by atoms with Gasteiger partial charge in [-0.25, -0.2) is 8.78 Å². The van der Waals surface area contributed by atoms with Crippen molar-refractivity contribution >= 4 is 11.9 Å². The zero-order valence-electron chi connectivity index (χ0n) is 13.9. The largest absolute Gasteiger partial charge is 0.481 e. The van der Waals surface area contributed by atoms with Gasteiger partial charge in [-0.3, -0.25) is 9.59 Å². The van der Waals surface area contributed by atoms with Gasteiger partial charge in [-0.2, -0.15) is 0 Å². The van der Waals surface area contributed by atoms with Crippen molar-refractivity contribution < 1.29 is 27.9 Å². The molecule has 2 rings (SSSR count). The maximum atomic E-state index is 14.1. The van der Waals surface area contributed by atoms with Crippen LogP contribution >= 0.6 is 0 Å². The summed E-state index contributed by atoms with van der Waals surface area (Å²) in [7, 11) is 0. The van der Waals surface area contributed by atoms with Crippen molar-refractivity contribution in [3.8, 4) is 0 Å². The monoisotopic (exact) mass is 351 g/mol. The lowest BCUT2D eigenvalue weighted by Gasteiger charge is -2.19. The van der Waals surface area contributed by atoms with Gasteiger partial charge in [0.15, 0.2) is 0 Å². The van der Waals surface area contributed by atoms with Crippen LogP contribution in [0.1, 0.15) is 53.1 Å². The standard InChI is InChI=1S/C18H19F2NO4/c1-3-4-14(12-6-5-11(19)7-13(12)20)21-18(24)17-10(2)9-25-15(17)8-16(22)23/h5-7,9,14H,3-4,8H2,1-2H3,(H,21,24)(H,22,23). The van der Waals surface area contributed by atoms with E-state index < -0.39 is 36.0 Å². The summed E-state index contributed by atoms with van der Waals surface area (Å²) >= 11 is 0. The van der Waals surface area contributed by atoms with E-state index in [1.165, 1.54) is 12.3 Å². The Kier molecular flexibility index (Phi) is 5.90. The number of furan rings is 1. The number of aliphatic carboxylic acids is 1. The first-order chi connectivity index (χ1) is 11.8. The molecule has 0 aliphatic rings. The van der Waals surface area contributed by atoms with Gasteiger partial charge in [-0.05, 0) is 19.4 Å². The van der Waals surface area contributed by atoms with E-state index in [0.717, 1.165) is 12.1 Å². The first-order valence-corrected chi connectivity index (χ1v) is 7.88. The van der Waals surface area contributed by atoms with Crippen LogP contribution in [-0.2, 0) is 11.2 Å². The Balaban J connectivity index is 2.29. The average Bonchev–Trinajstić information content (AvgIpc) is 2.87. The first kappa shape index (κ1) is 18.6. The smallest absolute Gasteiger partial charge is 0.311 e. The third kappa shape index (κ3) is 4.43. The van der Waals surface area contributed by atoms with E-state index in [2.05, 4.69) is 5.32 Å². The number of carboxylic acid groups (broad SMARTS) is 1. The number of carbonyl (C=O) groups is 2. The summed E-state index contributed by atoms with van der Waals surface area (Å²) in [6, 6.07) is 2.53. The molecule has 0 bridgehead atoms. The van der Waals surface area contributed by atoms with Gasteiger partial charge in [-0.1, -0.05) is 19.4 Å². The van der Waals surface area contributed by atoms with Gasteiger partial charge in [-0.15, -0.1) is 0 Å². The Labute approximate surface area is 143 Å². The number of hydrogen-bond acceptors (Lipinski definition) is 3. The molecule has 1 aromatic heterocycles. The molecule has 0 spiro atoms. The molecular weight excluding hydrogens is 332 g/mol. The van der Waals surface area contributed by atoms with Gasteiger partial charge < -0.3 is 14.8 Å². The minimum Gasteiger partial charge on any atom is -0.481 e. The third-order valence-electron chi connectivity index (χ3n) is 3.81. The van der Waals surface area contributed by atoms with Crippen LogP contribution in [0.4, 0.5) is 8.78 Å². The molecule has 7 heteroatoms. The van der Waals surface area contributed by atoms with Gasteiger partial charge in [0, 0.05) is 17.2 Å². The molecule has 1 atom stereocenters. The van der Waals surface area contributed by atoms with Gasteiger partial charge in [0.25, 0.3) is 5.91 Å². The second-order valence-electron chi connectivity index (χ2n) is 5.77. The fraction of sp³-hybridized carbons (Fsp3) is 0.333. The van der Waals surface area contributed by atoms with Crippen molar-refractivity contribution in [3.05, 3.63) is 58.5 Å². The molecule has 1 heterocycles. The Morgan fingerprint density at radius 2 is 2.04 bits per heavy atom. The van der Waals surface area contributed by atoms with E-state index in [9.17, 15) is 18.4 Å². The average molecular weight is 351 g/mol. The highest BCUT2D eigenvalue weighted by Gasteiger charge is 2.24. The summed E-state index contributed by atoms with van der Waals surface area (Å²) in [5.74, 6) is -3.08. The van der Waals surface area contributed by atoms with Gasteiger partial charge in [0.2, 0.25) is 0 Å². The molecule has 2 N–H and O–H groups in total. The van der Waals surface area contributed by atoms with Crippen molar-refractivity contribution in [1.29, 1.82) is 0 Å². The van der Waals surface area contributed by atoms with Crippen LogP contribution in [0.2, 0.25) is 0 Å². The Morgan fingerprint density at radius 3 is 2.64 bits per heavy atom. The molecule has 134 valence electrons. The molecule has 5 nitrogen and oxygen atoms in total. The highest BCUT2D eigenvalue weighted by atomic mass is 19.1. The number of carbonyl (C=O) groups excluding carboxylic acids is 1. The van der Waals surface area contributed by atoms with Crippen LogP contribution in [-0.4, -0.2) is 17.0 Å². The Bertz CT molecular complexity index is 785. The molecule has 1 amide bonds. The van der Waals surface area contributed by atoms with Crippen LogP contribution in [0.15, 0.2) is 28.9 Å². The molecule has 0 aliphatic heterocycles. The molecule has 2 aromatic rings. The second kappa shape index (κ2) is 7.92. The molecule has 1 aromatic carbocycles. The van der Waals surface area contributed by atoms with Crippen molar-refractivity contribution in [1.82, 2.24) is 5.32 Å². The van der Waals surface area contributed by atoms with Crippen molar-refractivity contribution in [2.24, 2.45) is 0 Å². The maximum absolute atomic E-state index is 14.1. The minimum absolute atomic E-state index is 0.0392. The molecule has 0 radical (unpaired) electrons. The van der Waals surface area contributed by atoms with Crippen molar-refractivity contribution in [2.45, 2.75) is 39.2 Å². The van der Waals surface area contributed by atoms with Crippen molar-refractivity contribution in [3.63, 3.8) is 0 Å². The zero-order chi connectivity index (χ0) is 18.6. The van der Waals surface area contributed by atoms with E-state index in [0.29, 0.717) is 18.4 Å². The van der Waals surface area contributed by atoms with Crippen LogP contribution in [0.25, 0.3) is 0 Å². The third-order valence-corrected chi connectivity index (χ3v) is 3.81. The topological polar surface area (TPSA) is 79.5 Å². The normalized spacial score (nSPS) is 12.0. The Morgan fingerprint density at radius 1 is 1.32 bits per heavy atom. The second-order valence-corrected chi connectivity index (χ2v) is 5.77. The number of nitrogens with one attached hydrogen (secondary N) is 1. The molecule has 0 saturated heterocycles.